The number of carbonyl (C=O) groups is 1. The number of nitro groups is 1. The normalized spacial score (nSPS) is 10.1. The molecule has 0 atom stereocenters. The van der Waals surface area contributed by atoms with E-state index in [9.17, 15) is 14.9 Å². The maximum atomic E-state index is 10.8. The lowest BCUT2D eigenvalue weighted by molar-refractivity contribution is -0.384. The molecule has 0 aliphatic carbocycles. The number of aldehydes is 1. The Morgan fingerprint density at radius 3 is 2.33 bits per heavy atom. The van der Waals surface area contributed by atoms with Gasteiger partial charge in [0.2, 0.25) is 0 Å². The van der Waals surface area contributed by atoms with E-state index in [4.69, 9.17) is 0 Å². The maximum absolute atomic E-state index is 10.8. The van der Waals surface area contributed by atoms with E-state index in [1.165, 1.54) is 6.07 Å². The van der Waals surface area contributed by atoms with Crippen LogP contribution in [0.1, 0.15) is 15.9 Å². The molecule has 0 saturated heterocycles. The van der Waals surface area contributed by atoms with Crippen LogP contribution in [0.15, 0.2) is 42.5 Å². The third-order valence-electron chi connectivity index (χ3n) is 2.79. The van der Waals surface area contributed by atoms with Gasteiger partial charge >= 0.3 is 0 Å². The molecule has 0 N–H and O–H groups in total. The van der Waals surface area contributed by atoms with Crippen molar-refractivity contribution in [3.63, 3.8) is 0 Å². The van der Waals surface area contributed by atoms with E-state index in [1.54, 1.807) is 36.4 Å². The van der Waals surface area contributed by atoms with Crippen LogP contribution in [0, 0.1) is 17.0 Å². The third-order valence-corrected chi connectivity index (χ3v) is 2.79. The first kappa shape index (κ1) is 12.0. The van der Waals surface area contributed by atoms with Crippen LogP contribution in [-0.2, 0) is 0 Å². The lowest BCUT2D eigenvalue weighted by Crippen LogP contribution is -1.91. The molecular formula is C14H11NO3. The van der Waals surface area contributed by atoms with Crippen LogP contribution >= 0.6 is 0 Å². The summed E-state index contributed by atoms with van der Waals surface area (Å²) in [5.74, 6) is 0. The van der Waals surface area contributed by atoms with Gasteiger partial charge in [-0.3, -0.25) is 14.9 Å². The molecule has 0 fully saturated rings. The van der Waals surface area contributed by atoms with Crippen LogP contribution in [0.25, 0.3) is 11.1 Å². The first-order chi connectivity index (χ1) is 8.61. The highest BCUT2D eigenvalue weighted by Crippen LogP contribution is 2.27. The molecule has 0 radical (unpaired) electrons. The molecule has 0 heterocycles. The van der Waals surface area contributed by atoms with Crippen LogP contribution < -0.4 is 0 Å². The zero-order valence-electron chi connectivity index (χ0n) is 9.79. The zero-order chi connectivity index (χ0) is 13.1. The van der Waals surface area contributed by atoms with Gasteiger partial charge in [0.15, 0.2) is 0 Å². The van der Waals surface area contributed by atoms with Gasteiger partial charge in [0.25, 0.3) is 5.69 Å². The third kappa shape index (κ3) is 2.27. The minimum atomic E-state index is -0.414. The number of rotatable bonds is 3. The van der Waals surface area contributed by atoms with Crippen LogP contribution in [0.4, 0.5) is 5.69 Å². The molecule has 4 heteroatoms. The molecule has 0 bridgehead atoms. The van der Waals surface area contributed by atoms with E-state index in [2.05, 4.69) is 0 Å². The van der Waals surface area contributed by atoms with E-state index in [-0.39, 0.29) is 5.69 Å². The van der Waals surface area contributed by atoms with Gasteiger partial charge in [-0.15, -0.1) is 0 Å². The molecule has 2 rings (SSSR count). The van der Waals surface area contributed by atoms with E-state index in [1.807, 2.05) is 6.92 Å². The second kappa shape index (κ2) is 4.79. The Hall–Kier alpha value is -2.49. The highest BCUT2D eigenvalue weighted by molar-refractivity contribution is 5.78. The predicted molar refractivity (Wildman–Crippen MR) is 68.7 cm³/mol. The molecule has 0 spiro atoms. The summed E-state index contributed by atoms with van der Waals surface area (Å²) < 4.78 is 0. The largest absolute Gasteiger partial charge is 0.298 e. The number of hydrogen-bond acceptors (Lipinski definition) is 3. The van der Waals surface area contributed by atoms with E-state index >= 15 is 0 Å². The molecule has 0 aromatic heterocycles. The molecule has 0 unspecified atom stereocenters. The summed E-state index contributed by atoms with van der Waals surface area (Å²) in [5, 5.41) is 10.8. The van der Waals surface area contributed by atoms with Gasteiger partial charge in [0.05, 0.1) is 4.92 Å². The van der Waals surface area contributed by atoms with Crippen molar-refractivity contribution in [3.8, 4) is 11.1 Å². The SMILES string of the molecule is Cc1ccc([N+](=O)[O-])cc1-c1ccc(C=O)cc1. The monoisotopic (exact) mass is 241 g/mol. The summed E-state index contributed by atoms with van der Waals surface area (Å²) in [6.07, 6.45) is 0.768. The van der Waals surface area contributed by atoms with Crippen LogP contribution in [-0.4, -0.2) is 11.2 Å². The first-order valence-corrected chi connectivity index (χ1v) is 5.42. The fourth-order valence-corrected chi connectivity index (χ4v) is 1.78. The van der Waals surface area contributed by atoms with Crippen molar-refractivity contribution in [2.24, 2.45) is 0 Å². The van der Waals surface area contributed by atoms with Crippen molar-refractivity contribution in [3.05, 3.63) is 63.7 Å². The van der Waals surface area contributed by atoms with E-state index < -0.39 is 4.92 Å². The Balaban J connectivity index is 2.51. The van der Waals surface area contributed by atoms with Gasteiger partial charge in [-0.05, 0) is 23.6 Å². The fraction of sp³-hybridized carbons (Fsp3) is 0.0714. The Morgan fingerprint density at radius 2 is 1.78 bits per heavy atom. The number of benzene rings is 2. The summed E-state index contributed by atoms with van der Waals surface area (Å²) >= 11 is 0. The van der Waals surface area contributed by atoms with Gasteiger partial charge in [0, 0.05) is 17.7 Å². The van der Waals surface area contributed by atoms with Crippen LogP contribution in [0.2, 0.25) is 0 Å². The van der Waals surface area contributed by atoms with Crippen LogP contribution in [0.3, 0.4) is 0 Å². The number of aryl methyl sites for hydroxylation is 1. The lowest BCUT2D eigenvalue weighted by atomic mass is 9.99. The summed E-state index contributed by atoms with van der Waals surface area (Å²) in [4.78, 5) is 20.9. The minimum Gasteiger partial charge on any atom is -0.298 e. The van der Waals surface area contributed by atoms with E-state index in [0.29, 0.717) is 5.56 Å². The Kier molecular flexibility index (Phi) is 3.19. The number of carbonyl (C=O) groups excluding carboxylic acids is 1. The number of hydrogen-bond donors (Lipinski definition) is 0. The topological polar surface area (TPSA) is 60.2 Å². The first-order valence-electron chi connectivity index (χ1n) is 5.42. The Bertz CT molecular complexity index is 603. The van der Waals surface area contributed by atoms with Gasteiger partial charge in [0.1, 0.15) is 6.29 Å². The molecule has 18 heavy (non-hydrogen) atoms. The lowest BCUT2D eigenvalue weighted by Gasteiger charge is -2.06. The van der Waals surface area contributed by atoms with Crippen molar-refractivity contribution < 1.29 is 9.72 Å². The van der Waals surface area contributed by atoms with Crippen molar-refractivity contribution >= 4 is 12.0 Å². The molecule has 2 aromatic rings. The predicted octanol–water partition coefficient (Wildman–Crippen LogP) is 3.38. The average Bonchev–Trinajstić information content (AvgIpc) is 2.39. The molecule has 2 aromatic carbocycles. The standard InChI is InChI=1S/C14H11NO3/c1-10-2-7-13(15(17)18)8-14(10)12-5-3-11(9-16)4-6-12/h2-9H,1H3. The highest BCUT2D eigenvalue weighted by atomic mass is 16.6. The summed E-state index contributed by atoms with van der Waals surface area (Å²) in [5.41, 5.74) is 3.28. The molecule has 0 aliphatic rings. The smallest absolute Gasteiger partial charge is 0.270 e. The molecule has 0 saturated carbocycles. The number of nitrogens with zero attached hydrogens (tertiary/aromatic N) is 1. The Morgan fingerprint density at radius 1 is 1.11 bits per heavy atom. The Labute approximate surface area is 104 Å². The molecule has 0 aliphatic heterocycles. The number of nitro benzene ring substituents is 1. The van der Waals surface area contributed by atoms with Crippen LogP contribution in [0.5, 0.6) is 0 Å². The molecule has 4 nitrogen and oxygen atoms in total. The van der Waals surface area contributed by atoms with Gasteiger partial charge in [-0.1, -0.05) is 30.3 Å². The molecular weight excluding hydrogens is 230 g/mol. The van der Waals surface area contributed by atoms with Gasteiger partial charge in [-0.2, -0.15) is 0 Å². The summed E-state index contributed by atoms with van der Waals surface area (Å²) in [6.45, 7) is 1.90. The van der Waals surface area contributed by atoms with Crippen molar-refractivity contribution in [2.75, 3.05) is 0 Å². The average molecular weight is 241 g/mol. The zero-order valence-corrected chi connectivity index (χ0v) is 9.79. The fourth-order valence-electron chi connectivity index (χ4n) is 1.78. The van der Waals surface area contributed by atoms with Crippen molar-refractivity contribution in [2.45, 2.75) is 6.92 Å². The second-order valence-corrected chi connectivity index (χ2v) is 4.00. The second-order valence-electron chi connectivity index (χ2n) is 4.00. The summed E-state index contributed by atoms with van der Waals surface area (Å²) in [7, 11) is 0. The highest BCUT2D eigenvalue weighted by Gasteiger charge is 2.09. The quantitative estimate of drug-likeness (QED) is 0.470. The van der Waals surface area contributed by atoms with Crippen molar-refractivity contribution in [1.29, 1.82) is 0 Å². The van der Waals surface area contributed by atoms with Crippen molar-refractivity contribution in [1.82, 2.24) is 0 Å². The molecule has 0 amide bonds. The number of non-ortho nitro benzene ring substituents is 1. The minimum absolute atomic E-state index is 0.0649. The molecule has 90 valence electrons. The maximum Gasteiger partial charge on any atom is 0.270 e. The summed E-state index contributed by atoms with van der Waals surface area (Å²) in [6, 6.07) is 11.7. The van der Waals surface area contributed by atoms with E-state index in [0.717, 1.165) is 23.0 Å². The van der Waals surface area contributed by atoms with Gasteiger partial charge in [-0.25, -0.2) is 0 Å². The van der Waals surface area contributed by atoms with Gasteiger partial charge < -0.3 is 0 Å².